The van der Waals surface area contributed by atoms with Gasteiger partial charge in [-0.2, -0.15) is 9.61 Å². The molecule has 0 unspecified atom stereocenters. The number of carbonyl (C=O) groups excluding carboxylic acids is 2. The van der Waals surface area contributed by atoms with Gasteiger partial charge in [0.15, 0.2) is 5.65 Å². The summed E-state index contributed by atoms with van der Waals surface area (Å²) in [6.45, 7) is 4.50. The SMILES string of the molecule is CC(C)(CO)CNc1cc(NC2CC2)n2ncc(/C=C3\NC(=O)NC3=O)c2n1. The minimum atomic E-state index is -0.551. The van der Waals surface area contributed by atoms with Crippen LogP contribution in [0.5, 0.6) is 0 Å². The lowest BCUT2D eigenvalue weighted by Crippen LogP contribution is -2.27. The number of aromatic nitrogens is 3. The largest absolute Gasteiger partial charge is 0.396 e. The average molecular weight is 385 g/mol. The Morgan fingerprint density at radius 3 is 2.79 bits per heavy atom. The van der Waals surface area contributed by atoms with Gasteiger partial charge in [-0.25, -0.2) is 9.78 Å². The monoisotopic (exact) mass is 385 g/mol. The number of fused-ring (bicyclic) bond motifs is 1. The third-order valence-electron chi connectivity index (χ3n) is 4.62. The number of imide groups is 1. The molecule has 0 radical (unpaired) electrons. The summed E-state index contributed by atoms with van der Waals surface area (Å²) in [6.07, 6.45) is 5.37. The molecule has 2 fully saturated rings. The van der Waals surface area contributed by atoms with Gasteiger partial charge in [-0.1, -0.05) is 13.8 Å². The number of hydrogen-bond acceptors (Lipinski definition) is 7. The highest BCUT2D eigenvalue weighted by molar-refractivity contribution is 6.14. The third kappa shape index (κ3) is 3.77. The van der Waals surface area contributed by atoms with E-state index in [1.807, 2.05) is 19.9 Å². The van der Waals surface area contributed by atoms with Crippen LogP contribution in [0.2, 0.25) is 0 Å². The number of rotatable bonds is 7. The van der Waals surface area contributed by atoms with Crippen molar-refractivity contribution in [2.75, 3.05) is 23.8 Å². The van der Waals surface area contributed by atoms with Crippen molar-refractivity contribution in [3.05, 3.63) is 23.5 Å². The predicted molar refractivity (Wildman–Crippen MR) is 104 cm³/mol. The van der Waals surface area contributed by atoms with Crippen LogP contribution in [-0.2, 0) is 4.79 Å². The Morgan fingerprint density at radius 2 is 2.14 bits per heavy atom. The van der Waals surface area contributed by atoms with Gasteiger partial charge < -0.3 is 21.1 Å². The zero-order valence-corrected chi connectivity index (χ0v) is 15.7. The standard InChI is InChI=1S/C18H23N7O3/c1-18(2,9-26)8-19-13-6-14(21-11-3-4-11)25-15(23-13)10(7-20-25)5-12-16(27)24-17(28)22-12/h5-7,11,21,26H,3-4,8-9H2,1-2H3,(H,19,23)(H2,22,24,27,28)/b12-5-. The van der Waals surface area contributed by atoms with Crippen LogP contribution in [0, 0.1) is 5.41 Å². The third-order valence-corrected chi connectivity index (χ3v) is 4.62. The summed E-state index contributed by atoms with van der Waals surface area (Å²) in [5.74, 6) is 0.943. The first-order valence-electron chi connectivity index (χ1n) is 9.19. The van der Waals surface area contributed by atoms with Gasteiger partial charge in [-0.15, -0.1) is 0 Å². The molecule has 0 atom stereocenters. The summed E-state index contributed by atoms with van der Waals surface area (Å²) in [6, 6.07) is 1.75. The van der Waals surface area contributed by atoms with E-state index in [1.54, 1.807) is 16.8 Å². The summed E-state index contributed by atoms with van der Waals surface area (Å²) < 4.78 is 1.68. The van der Waals surface area contributed by atoms with Crippen molar-refractivity contribution in [1.82, 2.24) is 25.2 Å². The van der Waals surface area contributed by atoms with Crippen molar-refractivity contribution in [1.29, 1.82) is 0 Å². The molecule has 2 aliphatic rings. The number of anilines is 2. The van der Waals surface area contributed by atoms with Crippen molar-refractivity contribution in [2.24, 2.45) is 5.41 Å². The van der Waals surface area contributed by atoms with Crippen molar-refractivity contribution in [3.63, 3.8) is 0 Å². The number of nitrogens with one attached hydrogen (secondary N) is 4. The van der Waals surface area contributed by atoms with Crippen LogP contribution in [0.25, 0.3) is 11.7 Å². The molecular weight excluding hydrogens is 362 g/mol. The summed E-state index contributed by atoms with van der Waals surface area (Å²) >= 11 is 0. The molecule has 4 rings (SSSR count). The van der Waals surface area contributed by atoms with Crippen LogP contribution in [0.15, 0.2) is 18.0 Å². The number of hydrogen-bond donors (Lipinski definition) is 5. The smallest absolute Gasteiger partial charge is 0.326 e. The Morgan fingerprint density at radius 1 is 1.36 bits per heavy atom. The number of nitrogens with zero attached hydrogens (tertiary/aromatic N) is 3. The van der Waals surface area contributed by atoms with E-state index in [-0.39, 0.29) is 17.7 Å². The van der Waals surface area contributed by atoms with Crippen LogP contribution in [-0.4, -0.2) is 50.8 Å². The van der Waals surface area contributed by atoms with Crippen molar-refractivity contribution in [3.8, 4) is 0 Å². The summed E-state index contributed by atoms with van der Waals surface area (Å²) in [4.78, 5) is 27.8. The van der Waals surface area contributed by atoms with Gasteiger partial charge in [-0.3, -0.25) is 10.1 Å². The molecule has 3 heterocycles. The molecule has 148 valence electrons. The molecular formula is C18H23N7O3. The Labute approximate surface area is 161 Å². The highest BCUT2D eigenvalue weighted by Crippen LogP contribution is 2.28. The molecule has 28 heavy (non-hydrogen) atoms. The zero-order valence-electron chi connectivity index (χ0n) is 15.7. The summed E-state index contributed by atoms with van der Waals surface area (Å²) in [5.41, 5.74) is 1.01. The summed E-state index contributed by atoms with van der Waals surface area (Å²) in [7, 11) is 0. The molecule has 0 spiro atoms. The first-order valence-corrected chi connectivity index (χ1v) is 9.19. The number of aliphatic hydroxyl groups is 1. The van der Waals surface area contributed by atoms with Crippen LogP contribution < -0.4 is 21.3 Å². The highest BCUT2D eigenvalue weighted by Gasteiger charge is 2.25. The second-order valence-electron chi connectivity index (χ2n) is 7.92. The Kier molecular flexibility index (Phi) is 4.42. The van der Waals surface area contributed by atoms with E-state index < -0.39 is 11.9 Å². The molecule has 1 saturated heterocycles. The second-order valence-corrected chi connectivity index (χ2v) is 7.92. The highest BCUT2D eigenvalue weighted by atomic mass is 16.3. The van der Waals surface area contributed by atoms with E-state index in [9.17, 15) is 14.7 Å². The van der Waals surface area contributed by atoms with Crippen LogP contribution in [0.3, 0.4) is 0 Å². The predicted octanol–water partition coefficient (Wildman–Crippen LogP) is 0.914. The van der Waals surface area contributed by atoms with Crippen molar-refractivity contribution in [2.45, 2.75) is 32.7 Å². The fourth-order valence-electron chi connectivity index (χ4n) is 2.74. The Balaban J connectivity index is 1.71. The van der Waals surface area contributed by atoms with Gasteiger partial charge in [0.2, 0.25) is 0 Å². The number of aliphatic hydroxyl groups excluding tert-OH is 1. The first-order chi connectivity index (χ1) is 13.3. The van der Waals surface area contributed by atoms with Gasteiger partial charge >= 0.3 is 6.03 Å². The molecule has 2 aromatic heterocycles. The van der Waals surface area contributed by atoms with E-state index in [2.05, 4.69) is 31.3 Å². The molecule has 10 nitrogen and oxygen atoms in total. The molecule has 0 aromatic carbocycles. The minimum absolute atomic E-state index is 0.0499. The lowest BCUT2D eigenvalue weighted by Gasteiger charge is -2.22. The van der Waals surface area contributed by atoms with Crippen LogP contribution in [0.1, 0.15) is 32.3 Å². The molecule has 3 amide bonds. The van der Waals surface area contributed by atoms with Crippen molar-refractivity contribution >= 4 is 35.3 Å². The van der Waals surface area contributed by atoms with E-state index >= 15 is 0 Å². The second kappa shape index (κ2) is 6.79. The number of amides is 3. The Bertz CT molecular complexity index is 975. The molecule has 10 heteroatoms. The lowest BCUT2D eigenvalue weighted by molar-refractivity contribution is -0.115. The molecule has 2 aromatic rings. The quantitative estimate of drug-likeness (QED) is 0.353. The maximum Gasteiger partial charge on any atom is 0.326 e. The average Bonchev–Trinajstić information content (AvgIpc) is 3.29. The van der Waals surface area contributed by atoms with Gasteiger partial charge in [0.05, 0.1) is 6.20 Å². The Hall–Kier alpha value is -3.14. The fourth-order valence-corrected chi connectivity index (χ4v) is 2.74. The van der Waals surface area contributed by atoms with E-state index in [4.69, 9.17) is 0 Å². The maximum atomic E-state index is 11.8. The summed E-state index contributed by atoms with van der Waals surface area (Å²) in [5, 5.41) is 25.2. The molecule has 1 saturated carbocycles. The van der Waals surface area contributed by atoms with Crippen LogP contribution >= 0.6 is 0 Å². The molecule has 1 aliphatic carbocycles. The maximum absolute atomic E-state index is 11.8. The van der Waals surface area contributed by atoms with Crippen LogP contribution in [0.4, 0.5) is 16.4 Å². The van der Waals surface area contributed by atoms with Gasteiger partial charge in [0.1, 0.15) is 17.3 Å². The van der Waals surface area contributed by atoms with E-state index in [1.165, 1.54) is 0 Å². The topological polar surface area (TPSA) is 133 Å². The first kappa shape index (κ1) is 18.2. The normalized spacial score (nSPS) is 18.5. The van der Waals surface area contributed by atoms with Crippen molar-refractivity contribution < 1.29 is 14.7 Å². The van der Waals surface area contributed by atoms with Gasteiger partial charge in [0, 0.05) is 36.2 Å². The van der Waals surface area contributed by atoms with Gasteiger partial charge in [0.25, 0.3) is 5.91 Å². The lowest BCUT2D eigenvalue weighted by atomic mass is 9.95. The zero-order chi connectivity index (χ0) is 19.9. The number of urea groups is 1. The fraction of sp³-hybridized carbons (Fsp3) is 0.444. The van der Waals surface area contributed by atoms with Gasteiger partial charge in [-0.05, 0) is 18.9 Å². The molecule has 5 N–H and O–H groups in total. The minimum Gasteiger partial charge on any atom is -0.396 e. The van der Waals surface area contributed by atoms with E-state index in [0.29, 0.717) is 29.6 Å². The molecule has 0 bridgehead atoms. The van der Waals surface area contributed by atoms with E-state index in [0.717, 1.165) is 18.7 Å². The number of carbonyl (C=O) groups is 2. The molecule has 1 aliphatic heterocycles.